The number of carbonyl (C=O) groups is 1. The van der Waals surface area contributed by atoms with Gasteiger partial charge in [0.1, 0.15) is 5.69 Å². The van der Waals surface area contributed by atoms with Gasteiger partial charge in [0, 0.05) is 31.3 Å². The Morgan fingerprint density at radius 3 is 2.71 bits per heavy atom. The van der Waals surface area contributed by atoms with Gasteiger partial charge in [0.05, 0.1) is 17.1 Å². The van der Waals surface area contributed by atoms with Crippen LogP contribution in [-0.4, -0.2) is 42.7 Å². The maximum Gasteiger partial charge on any atom is 0.293 e. The number of nitrogens with one attached hydrogen (secondary N) is 1. The summed E-state index contributed by atoms with van der Waals surface area (Å²) >= 11 is 0. The summed E-state index contributed by atoms with van der Waals surface area (Å²) in [6.45, 7) is 4.76. The third-order valence-electron chi connectivity index (χ3n) is 4.73. The van der Waals surface area contributed by atoms with Crippen LogP contribution in [0.5, 0.6) is 0 Å². The predicted octanol–water partition coefficient (Wildman–Crippen LogP) is 2.49. The lowest BCUT2D eigenvalue weighted by atomic mass is 9.94. The molecular weight excluding hydrogens is 310 g/mol. The lowest BCUT2D eigenvalue weighted by Gasteiger charge is -2.34. The zero-order valence-electron chi connectivity index (χ0n) is 13.9. The third kappa shape index (κ3) is 3.51. The van der Waals surface area contributed by atoms with E-state index in [2.05, 4.69) is 5.32 Å². The summed E-state index contributed by atoms with van der Waals surface area (Å²) in [5.41, 5.74) is 0.491. The Kier molecular flexibility index (Phi) is 4.71. The van der Waals surface area contributed by atoms with E-state index in [9.17, 15) is 14.9 Å². The Bertz CT molecular complexity index is 635. The van der Waals surface area contributed by atoms with E-state index in [4.69, 9.17) is 4.74 Å². The molecular formula is C17H23N3O4. The summed E-state index contributed by atoms with van der Waals surface area (Å²) in [5, 5.41) is 14.4. The smallest absolute Gasteiger partial charge is 0.293 e. The molecule has 130 valence electrons. The number of hydrogen-bond acceptors (Lipinski definition) is 5. The molecule has 7 nitrogen and oxygen atoms in total. The second-order valence-electron chi connectivity index (χ2n) is 6.83. The van der Waals surface area contributed by atoms with Gasteiger partial charge in [0.2, 0.25) is 0 Å². The monoisotopic (exact) mass is 333 g/mol. The second-order valence-corrected chi connectivity index (χ2v) is 6.83. The van der Waals surface area contributed by atoms with Crippen molar-refractivity contribution in [3.8, 4) is 0 Å². The van der Waals surface area contributed by atoms with E-state index in [1.807, 2.05) is 11.8 Å². The van der Waals surface area contributed by atoms with E-state index >= 15 is 0 Å². The number of nitro benzene ring substituents is 1. The highest BCUT2D eigenvalue weighted by Crippen LogP contribution is 2.32. The topological polar surface area (TPSA) is 84.7 Å². The minimum absolute atomic E-state index is 0.00500. The van der Waals surface area contributed by atoms with Crippen molar-refractivity contribution in [1.82, 2.24) is 5.32 Å². The van der Waals surface area contributed by atoms with Crippen molar-refractivity contribution in [3.63, 3.8) is 0 Å². The zero-order valence-corrected chi connectivity index (χ0v) is 13.9. The standard InChI is InChI=1S/C17H23N3O4/c1-17(7-4-10-24-12-17)18-16(21)13-5-6-14(15(11-13)20(22)23)19-8-2-3-9-19/h5-6,11H,2-4,7-10,12H2,1H3,(H,18,21)/t17-/m0/s1. The molecule has 1 amide bonds. The van der Waals surface area contributed by atoms with Gasteiger partial charge in [0.25, 0.3) is 11.6 Å². The summed E-state index contributed by atoms with van der Waals surface area (Å²) in [6, 6.07) is 4.75. The first-order valence-corrected chi connectivity index (χ1v) is 8.42. The molecule has 3 rings (SSSR count). The van der Waals surface area contributed by atoms with Gasteiger partial charge in [-0.05, 0) is 44.7 Å². The van der Waals surface area contributed by atoms with Crippen molar-refractivity contribution < 1.29 is 14.5 Å². The average Bonchev–Trinajstić information content (AvgIpc) is 3.08. The molecule has 7 heteroatoms. The molecule has 1 aromatic rings. The van der Waals surface area contributed by atoms with E-state index < -0.39 is 10.5 Å². The van der Waals surface area contributed by atoms with Crippen molar-refractivity contribution in [2.75, 3.05) is 31.2 Å². The first-order valence-electron chi connectivity index (χ1n) is 8.42. The molecule has 2 fully saturated rings. The maximum atomic E-state index is 12.5. The average molecular weight is 333 g/mol. The van der Waals surface area contributed by atoms with Gasteiger partial charge in [0.15, 0.2) is 0 Å². The van der Waals surface area contributed by atoms with Gasteiger partial charge in [-0.3, -0.25) is 14.9 Å². The normalized spacial score (nSPS) is 24.0. The predicted molar refractivity (Wildman–Crippen MR) is 90.5 cm³/mol. The largest absolute Gasteiger partial charge is 0.379 e. The first-order chi connectivity index (χ1) is 11.5. The van der Waals surface area contributed by atoms with Crippen molar-refractivity contribution in [1.29, 1.82) is 0 Å². The Morgan fingerprint density at radius 2 is 2.08 bits per heavy atom. The zero-order chi connectivity index (χ0) is 17.2. The van der Waals surface area contributed by atoms with Gasteiger partial charge >= 0.3 is 0 Å². The number of anilines is 1. The summed E-state index contributed by atoms with van der Waals surface area (Å²) in [5.74, 6) is -0.293. The lowest BCUT2D eigenvalue weighted by Crippen LogP contribution is -2.51. The van der Waals surface area contributed by atoms with Crippen molar-refractivity contribution in [3.05, 3.63) is 33.9 Å². The number of hydrogen-bond donors (Lipinski definition) is 1. The fourth-order valence-corrected chi connectivity index (χ4v) is 3.42. The molecule has 24 heavy (non-hydrogen) atoms. The van der Waals surface area contributed by atoms with Crippen LogP contribution >= 0.6 is 0 Å². The molecule has 0 bridgehead atoms. The Morgan fingerprint density at radius 1 is 1.33 bits per heavy atom. The SMILES string of the molecule is C[C@]1(NC(=O)c2ccc(N3CCCC3)c([N+](=O)[O-])c2)CCCOC1. The number of nitrogens with zero attached hydrogens (tertiary/aromatic N) is 2. The molecule has 0 aliphatic carbocycles. The summed E-state index contributed by atoms with van der Waals surface area (Å²) in [6.07, 6.45) is 3.81. The second kappa shape index (κ2) is 6.76. The number of nitro groups is 1. The quantitative estimate of drug-likeness (QED) is 0.676. The molecule has 1 aromatic carbocycles. The van der Waals surface area contributed by atoms with Crippen LogP contribution in [0.4, 0.5) is 11.4 Å². The van der Waals surface area contributed by atoms with Crippen LogP contribution in [0.2, 0.25) is 0 Å². The highest BCUT2D eigenvalue weighted by molar-refractivity contribution is 5.96. The van der Waals surface area contributed by atoms with E-state index in [1.54, 1.807) is 12.1 Å². The van der Waals surface area contributed by atoms with Gasteiger partial charge in [-0.2, -0.15) is 0 Å². The van der Waals surface area contributed by atoms with E-state index in [1.165, 1.54) is 6.07 Å². The molecule has 0 saturated carbocycles. The van der Waals surface area contributed by atoms with E-state index in [0.29, 0.717) is 24.5 Å². The lowest BCUT2D eigenvalue weighted by molar-refractivity contribution is -0.384. The molecule has 0 spiro atoms. The summed E-state index contributed by atoms with van der Waals surface area (Å²) in [7, 11) is 0. The Hall–Kier alpha value is -2.15. The highest BCUT2D eigenvalue weighted by atomic mass is 16.6. The number of amides is 1. The molecule has 1 atom stereocenters. The van der Waals surface area contributed by atoms with Crippen molar-refractivity contribution in [2.24, 2.45) is 0 Å². The van der Waals surface area contributed by atoms with Gasteiger partial charge in [-0.15, -0.1) is 0 Å². The molecule has 1 N–H and O–H groups in total. The van der Waals surface area contributed by atoms with Crippen LogP contribution in [0, 0.1) is 10.1 Å². The number of carbonyl (C=O) groups excluding carboxylic acids is 1. The van der Waals surface area contributed by atoms with Gasteiger partial charge in [-0.25, -0.2) is 0 Å². The third-order valence-corrected chi connectivity index (χ3v) is 4.73. The molecule has 2 heterocycles. The molecule has 2 saturated heterocycles. The van der Waals surface area contributed by atoms with Crippen molar-refractivity contribution >= 4 is 17.3 Å². The van der Waals surface area contributed by atoms with Crippen LogP contribution in [0.3, 0.4) is 0 Å². The van der Waals surface area contributed by atoms with Crippen LogP contribution in [0.15, 0.2) is 18.2 Å². The molecule has 0 aromatic heterocycles. The van der Waals surface area contributed by atoms with Crippen LogP contribution in [0.1, 0.15) is 43.0 Å². The number of benzene rings is 1. The minimum Gasteiger partial charge on any atom is -0.379 e. The van der Waals surface area contributed by atoms with Crippen LogP contribution in [0.25, 0.3) is 0 Å². The van der Waals surface area contributed by atoms with Gasteiger partial charge in [-0.1, -0.05) is 0 Å². The molecule has 2 aliphatic heterocycles. The fraction of sp³-hybridized carbons (Fsp3) is 0.588. The van der Waals surface area contributed by atoms with Crippen LogP contribution < -0.4 is 10.2 Å². The first kappa shape index (κ1) is 16.7. The molecule has 0 unspecified atom stereocenters. The van der Waals surface area contributed by atoms with E-state index in [0.717, 1.165) is 38.8 Å². The fourth-order valence-electron chi connectivity index (χ4n) is 3.42. The van der Waals surface area contributed by atoms with Crippen LogP contribution in [-0.2, 0) is 4.74 Å². The van der Waals surface area contributed by atoms with Gasteiger partial charge < -0.3 is 15.0 Å². The molecule has 0 radical (unpaired) electrons. The maximum absolute atomic E-state index is 12.5. The molecule has 2 aliphatic rings. The number of rotatable bonds is 4. The number of ether oxygens (including phenoxy) is 1. The summed E-state index contributed by atoms with van der Waals surface area (Å²) in [4.78, 5) is 25.6. The Labute approximate surface area is 141 Å². The van der Waals surface area contributed by atoms with E-state index in [-0.39, 0.29) is 11.6 Å². The van der Waals surface area contributed by atoms with Crippen molar-refractivity contribution in [2.45, 2.75) is 38.1 Å². The Balaban J connectivity index is 1.81. The minimum atomic E-state index is -0.419. The highest BCUT2D eigenvalue weighted by Gasteiger charge is 2.31. The summed E-state index contributed by atoms with van der Waals surface area (Å²) < 4.78 is 5.44.